The van der Waals surface area contributed by atoms with Crippen molar-refractivity contribution in [3.63, 3.8) is 0 Å². The number of benzene rings is 1. The molecule has 1 aromatic heterocycles. The van der Waals surface area contributed by atoms with Crippen molar-refractivity contribution in [1.29, 1.82) is 0 Å². The lowest BCUT2D eigenvalue weighted by molar-refractivity contribution is 0.774. The smallest absolute Gasteiger partial charge is 0.0480 e. The molecule has 0 radical (unpaired) electrons. The molecule has 1 nitrogen and oxygen atoms in total. The Morgan fingerprint density at radius 2 is 1.81 bits per heavy atom. The average Bonchev–Trinajstić information content (AvgIpc) is 2.85. The second-order valence-corrected chi connectivity index (χ2v) is 5.23. The van der Waals surface area contributed by atoms with Crippen LogP contribution >= 0.6 is 11.3 Å². The van der Waals surface area contributed by atoms with Crippen LogP contribution in [0.4, 0.5) is 5.69 Å². The molecule has 0 spiro atoms. The first-order valence-electron chi connectivity index (χ1n) is 5.69. The third-order valence-corrected chi connectivity index (χ3v) is 4.13. The van der Waals surface area contributed by atoms with E-state index in [1.165, 1.54) is 22.4 Å². The largest absolute Gasteiger partial charge is 0.381 e. The fourth-order valence-corrected chi connectivity index (χ4v) is 3.18. The minimum absolute atomic E-state index is 0.575. The van der Waals surface area contributed by atoms with E-state index in [0.29, 0.717) is 6.04 Å². The van der Waals surface area contributed by atoms with Crippen molar-refractivity contribution >= 4 is 17.0 Å². The molecule has 1 aliphatic rings. The summed E-state index contributed by atoms with van der Waals surface area (Å²) in [6, 6.07) is 9.34. The second-order valence-electron chi connectivity index (χ2n) is 4.49. The van der Waals surface area contributed by atoms with Crippen LogP contribution < -0.4 is 5.32 Å². The van der Waals surface area contributed by atoms with Gasteiger partial charge in [0, 0.05) is 17.1 Å². The monoisotopic (exact) mass is 229 g/mol. The zero-order valence-corrected chi connectivity index (χ0v) is 10.2. The Morgan fingerprint density at radius 1 is 1.12 bits per heavy atom. The predicted molar refractivity (Wildman–Crippen MR) is 70.3 cm³/mol. The van der Waals surface area contributed by atoms with Gasteiger partial charge in [-0.15, -0.1) is 11.3 Å². The highest BCUT2D eigenvalue weighted by Gasteiger charge is 2.20. The van der Waals surface area contributed by atoms with Crippen LogP contribution in [0.5, 0.6) is 0 Å². The highest BCUT2D eigenvalue weighted by atomic mass is 32.1. The van der Waals surface area contributed by atoms with Gasteiger partial charge >= 0.3 is 0 Å². The minimum Gasteiger partial charge on any atom is -0.381 e. The van der Waals surface area contributed by atoms with Crippen LogP contribution in [0.15, 0.2) is 35.0 Å². The van der Waals surface area contributed by atoms with E-state index in [0.717, 1.165) is 12.8 Å². The minimum atomic E-state index is 0.575. The van der Waals surface area contributed by atoms with E-state index < -0.39 is 0 Å². The van der Waals surface area contributed by atoms with Crippen LogP contribution in [-0.4, -0.2) is 6.04 Å². The van der Waals surface area contributed by atoms with Crippen LogP contribution in [-0.2, 0) is 12.8 Å². The summed E-state index contributed by atoms with van der Waals surface area (Å²) in [4.78, 5) is 0. The van der Waals surface area contributed by atoms with Crippen LogP contribution in [0.1, 0.15) is 16.7 Å². The van der Waals surface area contributed by atoms with Crippen molar-refractivity contribution in [2.75, 3.05) is 5.32 Å². The third kappa shape index (κ3) is 1.74. The zero-order chi connectivity index (χ0) is 11.0. The van der Waals surface area contributed by atoms with Crippen molar-refractivity contribution in [3.8, 4) is 0 Å². The highest BCUT2D eigenvalue weighted by molar-refractivity contribution is 7.08. The van der Waals surface area contributed by atoms with Crippen molar-refractivity contribution in [1.82, 2.24) is 0 Å². The number of nitrogens with one attached hydrogen (secondary N) is 1. The van der Waals surface area contributed by atoms with E-state index in [9.17, 15) is 0 Å². The first kappa shape index (κ1) is 9.91. The molecule has 16 heavy (non-hydrogen) atoms. The van der Waals surface area contributed by atoms with Crippen molar-refractivity contribution in [2.45, 2.75) is 25.8 Å². The molecule has 1 aromatic carbocycles. The Bertz CT molecular complexity index is 476. The summed E-state index contributed by atoms with van der Waals surface area (Å²) in [6.07, 6.45) is 2.32. The number of thiophene rings is 1. The standard InChI is InChI=1S/C14H15NS/c1-10-8-16-9-14(10)15-13-6-11-4-2-3-5-12(11)7-13/h2-5,8-9,13,15H,6-7H2,1H3. The molecule has 3 rings (SSSR count). The molecule has 0 aliphatic heterocycles. The van der Waals surface area contributed by atoms with Crippen molar-refractivity contribution in [2.24, 2.45) is 0 Å². The van der Waals surface area contributed by atoms with Gasteiger partial charge in [0.2, 0.25) is 0 Å². The Labute approximate surface area is 100 Å². The highest BCUT2D eigenvalue weighted by Crippen LogP contribution is 2.27. The first-order valence-corrected chi connectivity index (χ1v) is 6.63. The fraction of sp³-hybridized carbons (Fsp3) is 0.286. The summed E-state index contributed by atoms with van der Waals surface area (Å²) in [6.45, 7) is 2.17. The molecule has 0 saturated heterocycles. The lowest BCUT2D eigenvalue weighted by Gasteiger charge is -2.12. The van der Waals surface area contributed by atoms with E-state index in [1.807, 2.05) is 0 Å². The Morgan fingerprint density at radius 3 is 2.38 bits per heavy atom. The summed E-state index contributed by atoms with van der Waals surface area (Å²) in [5, 5.41) is 8.05. The summed E-state index contributed by atoms with van der Waals surface area (Å²) in [7, 11) is 0. The maximum atomic E-state index is 3.65. The molecule has 82 valence electrons. The number of hydrogen-bond donors (Lipinski definition) is 1. The topological polar surface area (TPSA) is 12.0 Å². The Hall–Kier alpha value is -1.28. The molecule has 0 atom stereocenters. The van der Waals surface area contributed by atoms with Crippen molar-refractivity contribution in [3.05, 3.63) is 51.7 Å². The van der Waals surface area contributed by atoms with E-state index in [1.54, 1.807) is 11.3 Å². The number of fused-ring (bicyclic) bond motifs is 1. The van der Waals surface area contributed by atoms with Crippen LogP contribution in [0, 0.1) is 6.92 Å². The zero-order valence-electron chi connectivity index (χ0n) is 9.36. The van der Waals surface area contributed by atoms with Gasteiger partial charge in [0.15, 0.2) is 0 Å². The molecule has 1 aliphatic carbocycles. The van der Waals surface area contributed by atoms with Gasteiger partial charge in [0.25, 0.3) is 0 Å². The summed E-state index contributed by atoms with van der Waals surface area (Å²) < 4.78 is 0. The lowest BCUT2D eigenvalue weighted by atomic mass is 10.1. The van der Waals surface area contributed by atoms with Gasteiger partial charge in [-0.05, 0) is 41.8 Å². The normalized spacial score (nSPS) is 15.1. The molecule has 1 heterocycles. The predicted octanol–water partition coefficient (Wildman–Crippen LogP) is 3.64. The maximum absolute atomic E-state index is 3.65. The van der Waals surface area contributed by atoms with Gasteiger partial charge in [-0.2, -0.15) is 0 Å². The van der Waals surface area contributed by atoms with E-state index in [-0.39, 0.29) is 0 Å². The molecule has 0 bridgehead atoms. The Kier molecular flexibility index (Phi) is 2.44. The molecule has 2 aromatic rings. The molecular formula is C14H15NS. The number of anilines is 1. The second kappa shape index (κ2) is 3.95. The number of rotatable bonds is 2. The lowest BCUT2D eigenvalue weighted by Crippen LogP contribution is -2.19. The molecule has 0 fully saturated rings. The molecule has 0 saturated carbocycles. The van der Waals surface area contributed by atoms with E-state index in [4.69, 9.17) is 0 Å². The van der Waals surface area contributed by atoms with Gasteiger partial charge in [0.1, 0.15) is 0 Å². The summed E-state index contributed by atoms with van der Waals surface area (Å²) >= 11 is 1.77. The number of aryl methyl sites for hydroxylation is 1. The van der Waals surface area contributed by atoms with Crippen LogP contribution in [0.2, 0.25) is 0 Å². The first-order chi connectivity index (χ1) is 7.83. The van der Waals surface area contributed by atoms with Gasteiger partial charge < -0.3 is 5.32 Å². The summed E-state index contributed by atoms with van der Waals surface area (Å²) in [5.41, 5.74) is 5.68. The van der Waals surface area contributed by atoms with Crippen molar-refractivity contribution < 1.29 is 0 Å². The average molecular weight is 229 g/mol. The molecular weight excluding hydrogens is 214 g/mol. The SMILES string of the molecule is Cc1cscc1NC1Cc2ccccc2C1. The quantitative estimate of drug-likeness (QED) is 0.829. The van der Waals surface area contributed by atoms with Gasteiger partial charge in [-0.3, -0.25) is 0 Å². The molecule has 0 amide bonds. The van der Waals surface area contributed by atoms with Gasteiger partial charge in [-0.25, -0.2) is 0 Å². The summed E-state index contributed by atoms with van der Waals surface area (Å²) in [5.74, 6) is 0. The third-order valence-electron chi connectivity index (χ3n) is 3.27. The van der Waals surface area contributed by atoms with Crippen LogP contribution in [0.3, 0.4) is 0 Å². The van der Waals surface area contributed by atoms with Crippen LogP contribution in [0.25, 0.3) is 0 Å². The van der Waals surface area contributed by atoms with Gasteiger partial charge in [-0.1, -0.05) is 24.3 Å². The molecule has 2 heteroatoms. The molecule has 1 N–H and O–H groups in total. The maximum Gasteiger partial charge on any atom is 0.0480 e. The fourth-order valence-electron chi connectivity index (χ4n) is 2.39. The van der Waals surface area contributed by atoms with Gasteiger partial charge in [0.05, 0.1) is 0 Å². The number of hydrogen-bond acceptors (Lipinski definition) is 2. The van der Waals surface area contributed by atoms with E-state index >= 15 is 0 Å². The van der Waals surface area contributed by atoms with E-state index in [2.05, 4.69) is 47.3 Å². The molecule has 0 unspecified atom stereocenters. The Balaban J connectivity index is 1.75.